The monoisotopic (exact) mass is 337 g/mol. The Kier molecular flexibility index (Phi) is 5.68. The molecule has 6 nitrogen and oxygen atoms in total. The Morgan fingerprint density at radius 3 is 1.96 bits per heavy atom. The lowest BCUT2D eigenvalue weighted by molar-refractivity contribution is -0.131. The third-order valence-corrected chi connectivity index (χ3v) is 3.65. The van der Waals surface area contributed by atoms with E-state index >= 15 is 0 Å². The molecule has 0 fully saturated rings. The summed E-state index contributed by atoms with van der Waals surface area (Å²) in [5.74, 6) is -1.21. The number of nitrogens with zero attached hydrogens (tertiary/aromatic N) is 1. The third kappa shape index (κ3) is 4.78. The number of amides is 1. The van der Waals surface area contributed by atoms with Gasteiger partial charge in [-0.2, -0.15) is 0 Å². The first-order chi connectivity index (χ1) is 11.9. The number of carbonyl (C=O) groups is 2. The molecule has 0 saturated carbocycles. The molecule has 2 aromatic carbocycles. The van der Waals surface area contributed by atoms with Crippen LogP contribution in [0.4, 0.5) is 0 Å². The summed E-state index contributed by atoms with van der Waals surface area (Å²) in [6, 6.07) is 14.4. The number of likely N-dealkylation sites (N-methyl/N-ethyl adjacent to an activating group) is 1. The number of carboxylic acids is 1. The molecule has 0 aliphatic rings. The number of nitrogens with one attached hydrogen (secondary N) is 1. The van der Waals surface area contributed by atoms with Crippen LogP contribution in [0.5, 0.6) is 0 Å². The van der Waals surface area contributed by atoms with Crippen molar-refractivity contribution in [1.29, 1.82) is 5.41 Å². The summed E-state index contributed by atoms with van der Waals surface area (Å²) in [4.78, 5) is 24.2. The van der Waals surface area contributed by atoms with Crippen LogP contribution in [-0.4, -0.2) is 41.3 Å². The van der Waals surface area contributed by atoms with Crippen LogP contribution in [0.25, 0.3) is 11.1 Å². The van der Waals surface area contributed by atoms with Crippen molar-refractivity contribution in [2.45, 2.75) is 0 Å². The summed E-state index contributed by atoms with van der Waals surface area (Å²) >= 11 is 0. The molecule has 0 bridgehead atoms. The molecule has 2 rings (SSSR count). The molecule has 6 heteroatoms. The van der Waals surface area contributed by atoms with Crippen molar-refractivity contribution in [3.63, 3.8) is 0 Å². The zero-order valence-corrected chi connectivity index (χ0v) is 13.8. The first kappa shape index (κ1) is 17.9. The summed E-state index contributed by atoms with van der Waals surface area (Å²) in [6.07, 6.45) is 2.43. The molecule has 2 aromatic rings. The highest BCUT2D eigenvalue weighted by molar-refractivity contribution is 5.96. The smallest absolute Gasteiger partial charge is 0.328 e. The van der Waals surface area contributed by atoms with E-state index in [9.17, 15) is 9.59 Å². The highest BCUT2D eigenvalue weighted by Crippen LogP contribution is 2.20. The van der Waals surface area contributed by atoms with Gasteiger partial charge in [-0.05, 0) is 23.3 Å². The maximum Gasteiger partial charge on any atom is 0.328 e. The second-order valence-corrected chi connectivity index (χ2v) is 5.49. The van der Waals surface area contributed by atoms with Crippen LogP contribution >= 0.6 is 0 Å². The van der Waals surface area contributed by atoms with E-state index in [1.807, 2.05) is 24.3 Å². The number of amidine groups is 1. The van der Waals surface area contributed by atoms with E-state index in [2.05, 4.69) is 0 Å². The number of nitrogens with two attached hydrogens (primary N) is 1. The Hall–Kier alpha value is -3.41. The molecule has 1 amide bonds. The van der Waals surface area contributed by atoms with Crippen LogP contribution < -0.4 is 5.73 Å². The minimum atomic E-state index is -1.04. The second-order valence-electron chi connectivity index (χ2n) is 5.49. The fraction of sp³-hybridized carbons (Fsp3) is 0.105. The van der Waals surface area contributed by atoms with Gasteiger partial charge in [0.05, 0.1) is 0 Å². The third-order valence-electron chi connectivity index (χ3n) is 3.65. The van der Waals surface area contributed by atoms with Gasteiger partial charge in [0.15, 0.2) is 0 Å². The van der Waals surface area contributed by atoms with Crippen LogP contribution in [-0.2, 0) is 4.79 Å². The van der Waals surface area contributed by atoms with Crippen molar-refractivity contribution >= 4 is 17.7 Å². The average Bonchev–Trinajstić information content (AvgIpc) is 2.61. The van der Waals surface area contributed by atoms with Crippen molar-refractivity contribution < 1.29 is 14.7 Å². The summed E-state index contributed by atoms with van der Waals surface area (Å²) < 4.78 is 0. The SMILES string of the molecule is CN(CC=CC(=O)O)C(=O)c1ccc(-c2ccc(C(=N)N)cc2)cc1. The summed E-state index contributed by atoms with van der Waals surface area (Å²) in [7, 11) is 1.61. The van der Waals surface area contributed by atoms with Crippen LogP contribution in [0.15, 0.2) is 60.7 Å². The van der Waals surface area contributed by atoms with Gasteiger partial charge in [0.2, 0.25) is 0 Å². The number of benzene rings is 2. The van der Waals surface area contributed by atoms with E-state index in [-0.39, 0.29) is 18.3 Å². The zero-order valence-electron chi connectivity index (χ0n) is 13.8. The van der Waals surface area contributed by atoms with Crippen molar-refractivity contribution in [2.75, 3.05) is 13.6 Å². The fourth-order valence-corrected chi connectivity index (χ4v) is 2.26. The van der Waals surface area contributed by atoms with Gasteiger partial charge in [-0.3, -0.25) is 10.2 Å². The molecule has 0 aliphatic carbocycles. The van der Waals surface area contributed by atoms with Gasteiger partial charge in [-0.15, -0.1) is 0 Å². The molecule has 0 unspecified atom stereocenters. The standard InChI is InChI=1S/C19H19N3O3/c1-22(12-2-3-17(23)24)19(25)16-10-6-14(7-11-16)13-4-8-15(9-5-13)18(20)21/h2-11H,12H2,1H3,(H3,20,21)(H,23,24). The lowest BCUT2D eigenvalue weighted by Crippen LogP contribution is -2.26. The van der Waals surface area contributed by atoms with Crippen molar-refractivity contribution in [3.8, 4) is 11.1 Å². The molecular weight excluding hydrogens is 318 g/mol. The minimum absolute atomic E-state index is 0.0208. The summed E-state index contributed by atoms with van der Waals surface area (Å²) in [5, 5.41) is 16.0. The average molecular weight is 337 g/mol. The van der Waals surface area contributed by atoms with Crippen LogP contribution in [0.3, 0.4) is 0 Å². The van der Waals surface area contributed by atoms with Gasteiger partial charge in [-0.25, -0.2) is 4.79 Å². The molecule has 0 aliphatic heterocycles. The normalized spacial score (nSPS) is 10.6. The van der Waals surface area contributed by atoms with Crippen molar-refractivity contribution in [3.05, 3.63) is 71.8 Å². The number of aliphatic carboxylic acids is 1. The van der Waals surface area contributed by atoms with Crippen LogP contribution in [0.1, 0.15) is 15.9 Å². The first-order valence-electron chi connectivity index (χ1n) is 7.58. The van der Waals surface area contributed by atoms with Crippen molar-refractivity contribution in [2.24, 2.45) is 5.73 Å². The number of carbonyl (C=O) groups excluding carboxylic acids is 1. The van der Waals surface area contributed by atoms with Gasteiger partial charge in [0.25, 0.3) is 5.91 Å². The quantitative estimate of drug-likeness (QED) is 0.427. The number of rotatable bonds is 6. The lowest BCUT2D eigenvalue weighted by Gasteiger charge is -2.15. The molecule has 4 N–H and O–H groups in total. The van der Waals surface area contributed by atoms with Crippen LogP contribution in [0.2, 0.25) is 0 Å². The maximum atomic E-state index is 12.3. The largest absolute Gasteiger partial charge is 0.478 e. The number of hydrogen-bond acceptors (Lipinski definition) is 3. The van der Waals surface area contributed by atoms with E-state index in [0.717, 1.165) is 17.2 Å². The molecule has 0 heterocycles. The topological polar surface area (TPSA) is 107 Å². The highest BCUT2D eigenvalue weighted by Gasteiger charge is 2.10. The molecule has 25 heavy (non-hydrogen) atoms. The number of nitrogen functional groups attached to an aromatic ring is 1. The predicted octanol–water partition coefficient (Wildman–Crippen LogP) is 2.35. The zero-order chi connectivity index (χ0) is 18.4. The number of hydrogen-bond donors (Lipinski definition) is 3. The van der Waals surface area contributed by atoms with E-state index in [0.29, 0.717) is 11.1 Å². The Balaban J connectivity index is 2.09. The molecule has 0 atom stereocenters. The molecule has 128 valence electrons. The predicted molar refractivity (Wildman–Crippen MR) is 96.6 cm³/mol. The van der Waals surface area contributed by atoms with E-state index < -0.39 is 5.97 Å². The Morgan fingerprint density at radius 1 is 1.04 bits per heavy atom. The molecule has 0 spiro atoms. The van der Waals surface area contributed by atoms with Gasteiger partial charge in [0.1, 0.15) is 5.84 Å². The van der Waals surface area contributed by atoms with E-state index in [1.165, 1.54) is 11.0 Å². The molecule has 0 radical (unpaired) electrons. The van der Waals surface area contributed by atoms with Gasteiger partial charge in [0, 0.05) is 30.8 Å². The minimum Gasteiger partial charge on any atom is -0.478 e. The summed E-state index contributed by atoms with van der Waals surface area (Å²) in [5.41, 5.74) is 8.53. The Morgan fingerprint density at radius 2 is 1.52 bits per heavy atom. The highest BCUT2D eigenvalue weighted by atomic mass is 16.4. The Labute approximate surface area is 145 Å². The number of carboxylic acid groups (broad SMARTS) is 1. The van der Waals surface area contributed by atoms with E-state index in [4.69, 9.17) is 16.2 Å². The van der Waals surface area contributed by atoms with Crippen LogP contribution in [0, 0.1) is 5.41 Å². The van der Waals surface area contributed by atoms with Gasteiger partial charge in [-0.1, -0.05) is 42.5 Å². The lowest BCUT2D eigenvalue weighted by atomic mass is 10.0. The van der Waals surface area contributed by atoms with Crippen molar-refractivity contribution in [1.82, 2.24) is 4.90 Å². The molecule has 0 saturated heterocycles. The fourth-order valence-electron chi connectivity index (χ4n) is 2.26. The van der Waals surface area contributed by atoms with Gasteiger partial charge >= 0.3 is 5.97 Å². The summed E-state index contributed by atoms with van der Waals surface area (Å²) in [6.45, 7) is 0.222. The Bertz CT molecular complexity index is 809. The molecular formula is C19H19N3O3. The first-order valence-corrected chi connectivity index (χ1v) is 7.58. The second kappa shape index (κ2) is 7.92. The van der Waals surface area contributed by atoms with Gasteiger partial charge < -0.3 is 15.7 Å². The molecule has 0 aromatic heterocycles. The van der Waals surface area contributed by atoms with E-state index in [1.54, 1.807) is 31.3 Å². The maximum absolute atomic E-state index is 12.3.